The molecular weight excluding hydrogens is 1620 g/mol. The van der Waals surface area contributed by atoms with Crippen molar-refractivity contribution in [3.63, 3.8) is 0 Å². The van der Waals surface area contributed by atoms with Gasteiger partial charge >= 0.3 is 0 Å². The largest absolute Gasteiger partial charge is 0.477 e. The number of benzene rings is 8. The minimum atomic E-state index is -0.633. The molecule has 4 aliphatic carbocycles. The number of fused-ring (bicyclic) bond motifs is 4. The van der Waals surface area contributed by atoms with Crippen molar-refractivity contribution in [1.82, 2.24) is 60.2 Å². The van der Waals surface area contributed by atoms with Crippen LogP contribution in [0.15, 0.2) is 268 Å². The minimum Gasteiger partial charge on any atom is -0.477 e. The van der Waals surface area contributed by atoms with Crippen LogP contribution in [0.25, 0.3) is 22.7 Å². The van der Waals surface area contributed by atoms with E-state index in [0.717, 1.165) is 165 Å². The molecule has 28 nitrogen and oxygen atoms in total. The fraction of sp³-hybridized carbons (Fsp3) is 0.360. The number of aliphatic hydroxyl groups excluding tert-OH is 4. The maximum Gasteiger partial charge on any atom is 0.263 e. The van der Waals surface area contributed by atoms with Gasteiger partial charge in [0, 0.05) is 74.7 Å². The summed E-state index contributed by atoms with van der Waals surface area (Å²) < 4.78 is 30.1. The zero-order valence-corrected chi connectivity index (χ0v) is 71.7. The Kier molecular flexibility index (Phi) is 28.1. The Bertz CT molecular complexity index is 4890. The third kappa shape index (κ3) is 21.7. The second kappa shape index (κ2) is 41.4. The van der Waals surface area contributed by atoms with Crippen LogP contribution in [-0.4, -0.2) is 182 Å². The van der Waals surface area contributed by atoms with Crippen molar-refractivity contribution in [2.45, 2.75) is 202 Å². The van der Waals surface area contributed by atoms with Crippen LogP contribution in [0, 0.1) is 0 Å². The van der Waals surface area contributed by atoms with Crippen LogP contribution in [0.4, 0.5) is 22.7 Å². The molecular formula is C100H112N16O12. The molecule has 0 bridgehead atoms. The van der Waals surface area contributed by atoms with E-state index in [4.69, 9.17) is 18.9 Å². The summed E-state index contributed by atoms with van der Waals surface area (Å²) >= 11 is 0. The maximum atomic E-state index is 13.0. The Morgan fingerprint density at radius 2 is 0.609 bits per heavy atom. The molecule has 4 saturated carbocycles. The molecule has 20 rings (SSSR count). The fourth-order valence-electron chi connectivity index (χ4n) is 18.2. The van der Waals surface area contributed by atoms with Gasteiger partial charge < -0.3 is 89.4 Å². The smallest absolute Gasteiger partial charge is 0.263 e. The number of nitrogens with one attached hydrogen (secondary N) is 4. The Morgan fingerprint density at radius 3 is 0.914 bits per heavy atom. The number of amides is 4. The van der Waals surface area contributed by atoms with Gasteiger partial charge in [0.1, 0.15) is 23.0 Å². The number of aliphatic hydroxyl groups is 4. The van der Waals surface area contributed by atoms with E-state index in [1.807, 2.05) is 186 Å². The van der Waals surface area contributed by atoms with E-state index >= 15 is 0 Å². The van der Waals surface area contributed by atoms with E-state index in [9.17, 15) is 39.6 Å². The van der Waals surface area contributed by atoms with Crippen LogP contribution in [0.1, 0.15) is 125 Å². The molecule has 8 heterocycles. The SMILES string of the molecule is O=C(N[C@H]1CCCC[C@@H]1O)C1CN(Cc2ccc(-n3cccc3)cc2)c2ccccc2O1.O=C(N[C@H]1CCCC[C@@H]1O)C1CN(Cc2ccc(-n3cccn3)cc2)c2ccccc2O1.O=C(N[C@H]1CCCC[C@@H]1O)C1CN(Cc2ccc(-n3ccnc3)cc2)c2ccccc2O1.O=C(N[C@H]1CCCC[C@@H]1O)C1CN(Cc2ccc(-n3nccn3)cc2)c2ccccc2O1. The summed E-state index contributed by atoms with van der Waals surface area (Å²) in [7, 11) is 0. The van der Waals surface area contributed by atoms with E-state index in [2.05, 4.69) is 126 Å². The number of nitrogens with zero attached hydrogens (tertiary/aromatic N) is 12. The number of hydrogen-bond donors (Lipinski definition) is 8. The average Bonchev–Trinajstić information content (AvgIpc) is 1.04. The van der Waals surface area contributed by atoms with Crippen molar-refractivity contribution in [2.75, 3.05) is 45.8 Å². The molecule has 0 saturated heterocycles. The molecule has 4 amide bonds. The molecule has 4 aliphatic heterocycles. The highest BCUT2D eigenvalue weighted by Crippen LogP contribution is 2.40. The lowest BCUT2D eigenvalue weighted by atomic mass is 9.92. The van der Waals surface area contributed by atoms with Gasteiger partial charge in [-0.05, 0) is 189 Å². The monoisotopic (exact) mass is 1730 g/mol. The number of hydrogen-bond acceptors (Lipinski definition) is 20. The Balaban J connectivity index is 0.000000120. The van der Waals surface area contributed by atoms with E-state index in [1.54, 1.807) is 35.9 Å². The zero-order valence-electron chi connectivity index (χ0n) is 71.7. The second-order valence-electron chi connectivity index (χ2n) is 34.2. The first-order valence-corrected chi connectivity index (χ1v) is 45.0. The number of carbonyl (C=O) groups excluding carboxylic acids is 4. The van der Waals surface area contributed by atoms with Gasteiger partial charge in [-0.2, -0.15) is 20.1 Å². The minimum absolute atomic E-state index is 0.154. The molecule has 4 fully saturated rings. The van der Waals surface area contributed by atoms with Gasteiger partial charge in [-0.25, -0.2) is 9.67 Å². The average molecular weight is 1730 g/mol. The quantitative estimate of drug-likeness (QED) is 0.0351. The molecule has 8 aromatic carbocycles. The van der Waals surface area contributed by atoms with Crippen molar-refractivity contribution in [3.05, 3.63) is 290 Å². The van der Waals surface area contributed by atoms with Gasteiger partial charge in [0.25, 0.3) is 23.6 Å². The number of aromatic nitrogens is 8. The van der Waals surface area contributed by atoms with Crippen molar-refractivity contribution in [1.29, 1.82) is 0 Å². The van der Waals surface area contributed by atoms with E-state index in [0.29, 0.717) is 75.4 Å². The highest BCUT2D eigenvalue weighted by atomic mass is 16.5. The van der Waals surface area contributed by atoms with Crippen LogP contribution in [-0.2, 0) is 45.4 Å². The lowest BCUT2D eigenvalue weighted by Crippen LogP contribution is -2.54. The van der Waals surface area contributed by atoms with Crippen molar-refractivity contribution >= 4 is 46.4 Å². The normalized spacial score (nSPS) is 22.7. The second-order valence-corrected chi connectivity index (χ2v) is 34.2. The standard InChI is InChI=1S/C26H29N3O3.2C25H28N4O3.C24H27N5O3/c30-23-9-3-1-7-21(23)27-26(31)25-18-29(22-8-2-4-10-24(22)32-25)17-19-11-13-20(14-12-19)28-15-5-6-16-28;30-22-8-3-1-6-20(22)27-25(31)24-17-28(21-7-2-4-9-23(21)32-24)16-18-10-12-19(13-11-18)29-15-5-14-26-29;30-22-7-3-1-5-20(22)27-25(31)24-16-29(21-6-2-4-8-23(21)32-24)15-18-9-11-19(12-10-18)28-14-13-26-17-28;30-21-7-3-1-5-19(21)27-24(31)23-16-28(20-6-2-4-8-22(20)32-23)15-17-9-11-18(12-10-17)29-25-13-14-26-29/h2,4-6,8,10-16,21,23,25,30H,1,3,7,9,17-18H2,(H,27,31);2,4-5,7,9-15,20,22,24,30H,1,3,6,8,16-17H2,(H,27,31);2,4,6,8-14,17,20,22,24,30H,1,3,5,7,15-16H2,(H,27,31);2,4,6,8-14,19,21,23,30H,1,3,5,7,15-16H2,(H,27,31)/t21-,23-,25?;2*20-,22-,24?;19-,21-,23?/m0000/s1. The van der Waals surface area contributed by atoms with Gasteiger partial charge in [-0.1, -0.05) is 148 Å². The molecule has 28 heteroatoms. The number of rotatable bonds is 20. The van der Waals surface area contributed by atoms with Crippen molar-refractivity contribution in [3.8, 4) is 45.7 Å². The van der Waals surface area contributed by atoms with Gasteiger partial charge in [-0.15, -0.1) is 0 Å². The predicted octanol–water partition coefficient (Wildman–Crippen LogP) is 12.2. The lowest BCUT2D eigenvalue weighted by molar-refractivity contribution is -0.130. The first-order chi connectivity index (χ1) is 62.7. The Morgan fingerprint density at radius 1 is 0.305 bits per heavy atom. The van der Waals surface area contributed by atoms with Gasteiger partial charge in [-0.3, -0.25) is 19.2 Å². The number of carbonyl (C=O) groups is 4. The fourth-order valence-corrected chi connectivity index (χ4v) is 18.2. The van der Waals surface area contributed by atoms with Crippen molar-refractivity contribution < 1.29 is 58.6 Å². The first-order valence-electron chi connectivity index (χ1n) is 45.0. The van der Waals surface area contributed by atoms with Crippen LogP contribution in [0.5, 0.6) is 23.0 Å². The molecule has 128 heavy (non-hydrogen) atoms. The Hall–Kier alpha value is -13.3. The summed E-state index contributed by atoms with van der Waals surface area (Å²) in [5.41, 5.74) is 12.5. The molecule has 8 N–H and O–H groups in total. The summed E-state index contributed by atoms with van der Waals surface area (Å²) in [6, 6.07) is 69.5. The third-order valence-corrected chi connectivity index (χ3v) is 25.2. The molecule has 8 aliphatic rings. The lowest BCUT2D eigenvalue weighted by Gasteiger charge is -2.37. The number of anilines is 4. The van der Waals surface area contributed by atoms with Crippen LogP contribution >= 0.6 is 0 Å². The van der Waals surface area contributed by atoms with E-state index in [1.165, 1.54) is 5.56 Å². The molecule has 4 aromatic heterocycles. The first kappa shape index (κ1) is 86.8. The summed E-state index contributed by atoms with van der Waals surface area (Å²) in [4.78, 5) is 66.5. The van der Waals surface area contributed by atoms with Gasteiger partial charge in [0.2, 0.25) is 0 Å². The predicted molar refractivity (Wildman–Crippen MR) is 488 cm³/mol. The molecule has 4 unspecified atom stereocenters. The number of ether oxygens (including phenoxy) is 4. The van der Waals surface area contributed by atoms with Gasteiger partial charge in [0.15, 0.2) is 24.4 Å². The highest BCUT2D eigenvalue weighted by Gasteiger charge is 2.39. The number of imidazole rings is 1. The van der Waals surface area contributed by atoms with Gasteiger partial charge in [0.05, 0.1) is 128 Å². The topological polar surface area (TPSA) is 318 Å². The molecule has 12 aromatic rings. The highest BCUT2D eigenvalue weighted by molar-refractivity contribution is 5.86. The summed E-state index contributed by atoms with van der Waals surface area (Å²) in [6.07, 6.45) is 26.4. The van der Waals surface area contributed by atoms with Crippen LogP contribution in [0.2, 0.25) is 0 Å². The molecule has 0 spiro atoms. The summed E-state index contributed by atoms with van der Waals surface area (Å²) in [5, 5.41) is 65.7. The van der Waals surface area contributed by atoms with Crippen LogP contribution in [0.3, 0.4) is 0 Å². The Labute approximate surface area is 745 Å². The molecule has 0 radical (unpaired) electrons. The zero-order chi connectivity index (χ0) is 87.7. The third-order valence-electron chi connectivity index (χ3n) is 25.2. The summed E-state index contributed by atoms with van der Waals surface area (Å²) in [5.74, 6) is 2.17. The van der Waals surface area contributed by atoms with Crippen LogP contribution < -0.4 is 59.8 Å². The number of para-hydroxylation sites is 8. The molecule has 664 valence electrons. The maximum absolute atomic E-state index is 13.0. The molecule has 12 atom stereocenters. The summed E-state index contributed by atoms with van der Waals surface area (Å²) in [6.45, 7) is 4.46. The van der Waals surface area contributed by atoms with E-state index < -0.39 is 48.8 Å². The van der Waals surface area contributed by atoms with E-state index in [-0.39, 0.29) is 47.8 Å². The van der Waals surface area contributed by atoms with Crippen molar-refractivity contribution in [2.24, 2.45) is 0 Å².